The van der Waals surface area contributed by atoms with E-state index in [0.29, 0.717) is 5.56 Å². The maximum absolute atomic E-state index is 15.4. The van der Waals surface area contributed by atoms with Gasteiger partial charge in [0.2, 0.25) is 0 Å². The number of hydrogen-bond acceptors (Lipinski definition) is 1. The van der Waals surface area contributed by atoms with Crippen LogP contribution in [0, 0.1) is 11.6 Å². The van der Waals surface area contributed by atoms with Crippen LogP contribution >= 0.6 is 0 Å². The van der Waals surface area contributed by atoms with E-state index in [9.17, 15) is 0 Å². The lowest BCUT2D eigenvalue weighted by atomic mass is 9.85. The van der Waals surface area contributed by atoms with Gasteiger partial charge in [-0.1, -0.05) is 146 Å². The van der Waals surface area contributed by atoms with E-state index in [-0.39, 0.29) is 5.56 Å². The van der Waals surface area contributed by atoms with Gasteiger partial charge in [-0.05, 0) is 113 Å². The first kappa shape index (κ1) is 31.4. The Morgan fingerprint density at radius 2 is 0.673 bits per heavy atom. The second-order valence-electron chi connectivity index (χ2n) is 14.2. The first-order valence-electron chi connectivity index (χ1n) is 18.5. The van der Waals surface area contributed by atoms with Crippen LogP contribution in [0.15, 0.2) is 186 Å². The molecule has 3 heteroatoms. The van der Waals surface area contributed by atoms with Gasteiger partial charge in [0.1, 0.15) is 22.8 Å². The molecule has 11 rings (SSSR count). The van der Waals surface area contributed by atoms with Gasteiger partial charge in [-0.15, -0.1) is 0 Å². The molecule has 258 valence electrons. The number of benzene rings is 10. The molecule has 0 saturated heterocycles. The van der Waals surface area contributed by atoms with Crippen molar-refractivity contribution in [2.45, 2.75) is 0 Å². The second kappa shape index (κ2) is 12.2. The van der Waals surface area contributed by atoms with Gasteiger partial charge in [-0.25, -0.2) is 8.78 Å². The first-order chi connectivity index (χ1) is 27.1. The van der Waals surface area contributed by atoms with Gasteiger partial charge < -0.3 is 4.42 Å². The molecule has 0 bridgehead atoms. The lowest BCUT2D eigenvalue weighted by molar-refractivity contribution is 0.590. The predicted molar refractivity (Wildman–Crippen MR) is 225 cm³/mol. The Bertz CT molecular complexity index is 3210. The maximum Gasteiger partial charge on any atom is 0.136 e. The molecule has 0 radical (unpaired) electrons. The summed E-state index contributed by atoms with van der Waals surface area (Å²) in [6.45, 7) is 0. The Morgan fingerprint density at radius 1 is 0.255 bits per heavy atom. The third kappa shape index (κ3) is 4.76. The fraction of sp³-hybridized carbons (Fsp3) is 0. The zero-order chi connectivity index (χ0) is 36.6. The summed E-state index contributed by atoms with van der Waals surface area (Å²) < 4.78 is 37.5. The van der Waals surface area contributed by atoms with Crippen molar-refractivity contribution in [1.82, 2.24) is 0 Å². The highest BCUT2D eigenvalue weighted by Crippen LogP contribution is 2.47. The van der Waals surface area contributed by atoms with Crippen LogP contribution in [-0.2, 0) is 0 Å². The highest BCUT2D eigenvalue weighted by Gasteiger charge is 2.22. The SMILES string of the molecule is Fc1cccc(F)c1-c1c2ccccc2c(-c2ccc3oc4cc(-c5c6ccccc6c(-c6ccccc6)c6ccccc56)ccc4c3c2)c2ccccc12. The normalized spacial score (nSPS) is 11.8. The molecule has 0 atom stereocenters. The van der Waals surface area contributed by atoms with Crippen molar-refractivity contribution in [3.8, 4) is 44.5 Å². The minimum atomic E-state index is -0.582. The van der Waals surface area contributed by atoms with Crippen LogP contribution in [-0.4, -0.2) is 0 Å². The summed E-state index contributed by atoms with van der Waals surface area (Å²) in [5, 5.41) is 10.3. The monoisotopic (exact) mass is 708 g/mol. The molecule has 10 aromatic carbocycles. The Morgan fingerprint density at radius 3 is 1.18 bits per heavy atom. The van der Waals surface area contributed by atoms with Gasteiger partial charge in [-0.3, -0.25) is 0 Å². The topological polar surface area (TPSA) is 13.1 Å². The highest BCUT2D eigenvalue weighted by molar-refractivity contribution is 6.24. The summed E-state index contributed by atoms with van der Waals surface area (Å²) in [6, 6.07) is 60.7. The molecular formula is C52H30F2O. The number of halogens is 2. The quantitative estimate of drug-likeness (QED) is 0.166. The Hall–Kier alpha value is -7.10. The van der Waals surface area contributed by atoms with E-state index in [1.807, 2.05) is 54.6 Å². The first-order valence-corrected chi connectivity index (χ1v) is 18.5. The number of rotatable bonds is 4. The van der Waals surface area contributed by atoms with E-state index >= 15 is 8.78 Å². The van der Waals surface area contributed by atoms with Gasteiger partial charge in [-0.2, -0.15) is 0 Å². The number of fused-ring (bicyclic) bond motifs is 7. The Labute approximate surface area is 315 Å². The van der Waals surface area contributed by atoms with Crippen molar-refractivity contribution < 1.29 is 13.2 Å². The lowest BCUT2D eigenvalue weighted by Gasteiger charge is -2.18. The van der Waals surface area contributed by atoms with E-state index in [1.165, 1.54) is 56.4 Å². The van der Waals surface area contributed by atoms with Crippen LogP contribution in [0.2, 0.25) is 0 Å². The second-order valence-corrected chi connectivity index (χ2v) is 14.2. The molecule has 0 aliphatic heterocycles. The fourth-order valence-electron chi connectivity index (χ4n) is 8.89. The lowest BCUT2D eigenvalue weighted by Crippen LogP contribution is -1.95. The number of furan rings is 1. The van der Waals surface area contributed by atoms with Crippen molar-refractivity contribution in [2.24, 2.45) is 0 Å². The fourth-order valence-corrected chi connectivity index (χ4v) is 8.89. The van der Waals surface area contributed by atoms with Crippen molar-refractivity contribution >= 4 is 65.0 Å². The van der Waals surface area contributed by atoms with Crippen molar-refractivity contribution in [2.75, 3.05) is 0 Å². The molecule has 0 spiro atoms. The molecular weight excluding hydrogens is 679 g/mol. The van der Waals surface area contributed by atoms with E-state index in [2.05, 4.69) is 109 Å². The molecule has 11 aromatic rings. The van der Waals surface area contributed by atoms with Crippen molar-refractivity contribution in [3.05, 3.63) is 194 Å². The average Bonchev–Trinajstić information content (AvgIpc) is 3.60. The predicted octanol–water partition coefficient (Wildman–Crippen LogP) is 15.1. The standard InChI is InChI=1S/C52H30F2O/c53-44-23-12-24-45(54)52(44)51-41-21-10-8-19-39(41)49(40-20-9-11-22-42(40)51)32-26-28-46-43(29-32)34-27-25-33(30-47(34)55-46)50-37-17-6-4-15-35(37)48(31-13-2-1-3-14-31)36-16-5-7-18-38(36)50/h1-30H. The molecule has 55 heavy (non-hydrogen) atoms. The van der Waals surface area contributed by atoms with E-state index < -0.39 is 11.6 Å². The third-order valence-corrected chi connectivity index (χ3v) is 11.2. The minimum absolute atomic E-state index is 0.0104. The zero-order valence-electron chi connectivity index (χ0n) is 29.5. The summed E-state index contributed by atoms with van der Waals surface area (Å²) in [4.78, 5) is 0. The molecule has 1 nitrogen and oxygen atoms in total. The van der Waals surface area contributed by atoms with Crippen LogP contribution in [0.3, 0.4) is 0 Å². The van der Waals surface area contributed by atoms with Crippen LogP contribution in [0.4, 0.5) is 8.78 Å². The van der Waals surface area contributed by atoms with Crippen LogP contribution in [0.25, 0.3) is 110 Å². The van der Waals surface area contributed by atoms with Crippen LogP contribution < -0.4 is 0 Å². The maximum atomic E-state index is 15.4. The minimum Gasteiger partial charge on any atom is -0.456 e. The van der Waals surface area contributed by atoms with E-state index in [4.69, 9.17) is 4.42 Å². The molecule has 1 heterocycles. The summed E-state index contributed by atoms with van der Waals surface area (Å²) in [7, 11) is 0. The molecule has 0 N–H and O–H groups in total. The Kier molecular flexibility index (Phi) is 6.99. The third-order valence-electron chi connectivity index (χ3n) is 11.2. The van der Waals surface area contributed by atoms with Gasteiger partial charge in [0, 0.05) is 16.3 Å². The van der Waals surface area contributed by atoms with Gasteiger partial charge >= 0.3 is 0 Å². The number of hydrogen-bond donors (Lipinski definition) is 0. The summed E-state index contributed by atoms with van der Waals surface area (Å²) in [5.74, 6) is -1.16. The van der Waals surface area contributed by atoms with Crippen molar-refractivity contribution in [3.63, 3.8) is 0 Å². The van der Waals surface area contributed by atoms with Gasteiger partial charge in [0.15, 0.2) is 0 Å². The molecule has 0 amide bonds. The van der Waals surface area contributed by atoms with Gasteiger partial charge in [0.05, 0.1) is 5.56 Å². The van der Waals surface area contributed by atoms with Crippen LogP contribution in [0.5, 0.6) is 0 Å². The average molecular weight is 709 g/mol. The van der Waals surface area contributed by atoms with Crippen LogP contribution in [0.1, 0.15) is 0 Å². The van der Waals surface area contributed by atoms with E-state index in [0.717, 1.165) is 60.2 Å². The molecule has 0 aliphatic carbocycles. The summed E-state index contributed by atoms with van der Waals surface area (Å²) >= 11 is 0. The van der Waals surface area contributed by atoms with Crippen molar-refractivity contribution in [1.29, 1.82) is 0 Å². The largest absolute Gasteiger partial charge is 0.456 e. The van der Waals surface area contributed by atoms with E-state index in [1.54, 1.807) is 0 Å². The molecule has 0 saturated carbocycles. The zero-order valence-corrected chi connectivity index (χ0v) is 29.5. The molecule has 1 aromatic heterocycles. The summed E-state index contributed by atoms with van der Waals surface area (Å²) in [6.07, 6.45) is 0. The molecule has 0 aliphatic rings. The Balaban J connectivity index is 1.13. The smallest absolute Gasteiger partial charge is 0.136 e. The van der Waals surface area contributed by atoms with Gasteiger partial charge in [0.25, 0.3) is 0 Å². The highest BCUT2D eigenvalue weighted by atomic mass is 19.1. The summed E-state index contributed by atoms with van der Waals surface area (Å²) in [5.41, 5.74) is 8.86. The molecule has 0 fully saturated rings. The molecule has 0 unspecified atom stereocenters.